The molecule has 0 unspecified atom stereocenters. The summed E-state index contributed by atoms with van der Waals surface area (Å²) in [5.41, 5.74) is 16.1. The van der Waals surface area contributed by atoms with Gasteiger partial charge in [-0.15, -0.1) is 41.0 Å². The van der Waals surface area contributed by atoms with E-state index in [0.29, 0.717) is 0 Å². The zero-order valence-corrected chi connectivity index (χ0v) is 35.2. The first-order valence-corrected chi connectivity index (χ1v) is 18.7. The van der Waals surface area contributed by atoms with Gasteiger partial charge in [-0.25, -0.2) is 0 Å². The molecule has 0 N–H and O–H groups in total. The van der Waals surface area contributed by atoms with Gasteiger partial charge in [-0.3, -0.25) is 9.97 Å². The third-order valence-electron chi connectivity index (χ3n) is 10.5. The second-order valence-electron chi connectivity index (χ2n) is 15.4. The number of rotatable bonds is 4. The summed E-state index contributed by atoms with van der Waals surface area (Å²) in [5, 5.41) is 4.29. The Morgan fingerprint density at radius 2 is 1.38 bits per heavy atom. The number of furan rings is 1. The van der Waals surface area contributed by atoms with E-state index < -0.39 is 0 Å². The van der Waals surface area contributed by atoms with E-state index in [0.717, 1.165) is 61.2 Å². The van der Waals surface area contributed by atoms with Crippen molar-refractivity contribution >= 4 is 32.6 Å². The van der Waals surface area contributed by atoms with Crippen molar-refractivity contribution in [3.05, 3.63) is 174 Å². The molecular formula is C51H43IrN3O-2. The van der Waals surface area contributed by atoms with E-state index in [9.17, 15) is 0 Å². The molecule has 0 saturated heterocycles. The molecule has 4 heterocycles. The maximum atomic E-state index is 5.88. The number of hydrogen-bond donors (Lipinski definition) is 0. The zero-order chi connectivity index (χ0) is 38.3. The molecule has 0 fully saturated rings. The summed E-state index contributed by atoms with van der Waals surface area (Å²) in [4.78, 5) is 14.4. The maximum Gasteiger partial charge on any atom is 0.0847 e. The smallest absolute Gasteiger partial charge is 0.0847 e. The predicted octanol–water partition coefficient (Wildman–Crippen LogP) is 13.4. The van der Waals surface area contributed by atoms with Gasteiger partial charge in [0.05, 0.1) is 5.58 Å². The Morgan fingerprint density at radius 3 is 2.11 bits per heavy atom. The Balaban J connectivity index is 0.000000238. The van der Waals surface area contributed by atoms with Crippen LogP contribution in [0.15, 0.2) is 138 Å². The van der Waals surface area contributed by atoms with Crippen LogP contribution in [0.3, 0.4) is 0 Å². The predicted molar refractivity (Wildman–Crippen MR) is 228 cm³/mol. The SMILES string of the molecule is CC(C)(C)c1ccc2c(-c3ncccc3-c3ccc4cc(-c5ccccc5)ccc4c3)[c-]c3ccoc3c2n1.Cc1c[c-]c(-c2cc(C)c(C)cn2)cc1C.[Ir]. The van der Waals surface area contributed by atoms with E-state index in [2.05, 4.69) is 157 Å². The summed E-state index contributed by atoms with van der Waals surface area (Å²) >= 11 is 0. The van der Waals surface area contributed by atoms with Crippen LogP contribution in [0.2, 0.25) is 0 Å². The van der Waals surface area contributed by atoms with Gasteiger partial charge in [0.15, 0.2) is 0 Å². The van der Waals surface area contributed by atoms with Crippen molar-refractivity contribution in [2.24, 2.45) is 0 Å². The maximum absolute atomic E-state index is 5.88. The molecule has 0 aliphatic rings. The second-order valence-corrected chi connectivity index (χ2v) is 15.4. The Bertz CT molecular complexity index is 2800. The molecule has 4 nitrogen and oxygen atoms in total. The fraction of sp³-hybridized carbons (Fsp3) is 0.157. The standard InChI is InChI=1S/C36H27N2O.C15H16N.Ir/c1-36(2,3)32-16-15-30-31(22-28-17-19-39-35(28)34(30)38-32)33-29(10-7-18-37-33)27-14-13-25-20-24(11-12-26(25)21-27)23-8-5-4-6-9-23;1-10-5-6-14(7-11(10)2)15-8-12(3)13(4)9-16-15;/h4-21H,1-3H3;5,7-9H,1-4H3;/q2*-1;. The molecule has 5 heteroatoms. The van der Waals surface area contributed by atoms with Gasteiger partial charge < -0.3 is 9.40 Å². The average molecular weight is 906 g/mol. The Hall–Kier alpha value is -5.74. The van der Waals surface area contributed by atoms with E-state index in [1.807, 2.05) is 36.7 Å². The summed E-state index contributed by atoms with van der Waals surface area (Å²) in [6.45, 7) is 14.9. The number of nitrogens with zero attached hydrogens (tertiary/aromatic N) is 3. The van der Waals surface area contributed by atoms with E-state index >= 15 is 0 Å². The van der Waals surface area contributed by atoms with Crippen molar-refractivity contribution in [1.82, 2.24) is 15.0 Å². The van der Waals surface area contributed by atoms with Gasteiger partial charge in [0.25, 0.3) is 0 Å². The van der Waals surface area contributed by atoms with Crippen molar-refractivity contribution in [2.75, 3.05) is 0 Å². The minimum atomic E-state index is -0.0749. The molecule has 5 aromatic carbocycles. The molecule has 0 atom stereocenters. The van der Waals surface area contributed by atoms with Crippen LogP contribution < -0.4 is 0 Å². The van der Waals surface area contributed by atoms with Crippen LogP contribution in [0, 0.1) is 39.8 Å². The van der Waals surface area contributed by atoms with Crippen LogP contribution in [0.1, 0.15) is 48.7 Å². The van der Waals surface area contributed by atoms with Gasteiger partial charge in [-0.1, -0.05) is 135 Å². The summed E-state index contributed by atoms with van der Waals surface area (Å²) in [6, 6.07) is 47.3. The van der Waals surface area contributed by atoms with Crippen LogP contribution >= 0.6 is 0 Å². The Kier molecular flexibility index (Phi) is 10.9. The molecule has 0 bridgehead atoms. The van der Waals surface area contributed by atoms with Gasteiger partial charge in [0.1, 0.15) is 0 Å². The van der Waals surface area contributed by atoms with Crippen molar-refractivity contribution in [3.8, 4) is 44.8 Å². The van der Waals surface area contributed by atoms with Crippen LogP contribution in [-0.4, -0.2) is 15.0 Å². The number of aromatic nitrogens is 3. The normalized spacial score (nSPS) is 11.3. The molecule has 9 aromatic rings. The summed E-state index contributed by atoms with van der Waals surface area (Å²) < 4.78 is 5.88. The molecule has 56 heavy (non-hydrogen) atoms. The number of aryl methyl sites for hydroxylation is 4. The molecular weight excluding hydrogens is 863 g/mol. The molecule has 279 valence electrons. The molecule has 0 amide bonds. The van der Waals surface area contributed by atoms with Gasteiger partial charge in [-0.2, -0.15) is 0 Å². The third-order valence-corrected chi connectivity index (χ3v) is 10.5. The fourth-order valence-electron chi connectivity index (χ4n) is 6.88. The second kappa shape index (κ2) is 15.8. The molecule has 0 spiro atoms. The van der Waals surface area contributed by atoms with Crippen LogP contribution in [0.25, 0.3) is 77.4 Å². The first kappa shape index (κ1) is 38.5. The topological polar surface area (TPSA) is 51.8 Å². The summed E-state index contributed by atoms with van der Waals surface area (Å²) in [6.07, 6.45) is 5.48. The van der Waals surface area contributed by atoms with Crippen LogP contribution in [0.5, 0.6) is 0 Å². The largest absolute Gasteiger partial charge is 0.506 e. The zero-order valence-electron chi connectivity index (χ0n) is 32.8. The van der Waals surface area contributed by atoms with Gasteiger partial charge >= 0.3 is 0 Å². The molecule has 0 saturated carbocycles. The monoisotopic (exact) mass is 906 g/mol. The number of hydrogen-bond acceptors (Lipinski definition) is 4. The fourth-order valence-corrected chi connectivity index (χ4v) is 6.88. The minimum absolute atomic E-state index is 0. The average Bonchev–Trinajstić information content (AvgIpc) is 3.69. The summed E-state index contributed by atoms with van der Waals surface area (Å²) in [5.74, 6) is 0. The van der Waals surface area contributed by atoms with E-state index in [-0.39, 0.29) is 25.5 Å². The number of pyridine rings is 3. The minimum Gasteiger partial charge on any atom is -0.506 e. The van der Waals surface area contributed by atoms with E-state index in [4.69, 9.17) is 14.4 Å². The molecule has 9 rings (SSSR count). The molecule has 0 aliphatic carbocycles. The van der Waals surface area contributed by atoms with Crippen LogP contribution in [-0.2, 0) is 25.5 Å². The quantitative estimate of drug-likeness (QED) is 0.165. The first-order valence-electron chi connectivity index (χ1n) is 18.7. The summed E-state index contributed by atoms with van der Waals surface area (Å²) in [7, 11) is 0. The molecule has 4 aromatic heterocycles. The van der Waals surface area contributed by atoms with Gasteiger partial charge in [0.2, 0.25) is 0 Å². The number of benzene rings is 5. The molecule has 0 aliphatic heterocycles. The van der Waals surface area contributed by atoms with E-state index in [1.54, 1.807) is 6.26 Å². The van der Waals surface area contributed by atoms with Gasteiger partial charge in [-0.05, 0) is 82.4 Å². The first-order chi connectivity index (χ1) is 26.5. The van der Waals surface area contributed by atoms with Crippen molar-refractivity contribution in [1.29, 1.82) is 0 Å². The van der Waals surface area contributed by atoms with Crippen molar-refractivity contribution in [3.63, 3.8) is 0 Å². The Morgan fingerprint density at radius 1 is 0.643 bits per heavy atom. The van der Waals surface area contributed by atoms with Crippen molar-refractivity contribution in [2.45, 2.75) is 53.9 Å². The van der Waals surface area contributed by atoms with Crippen molar-refractivity contribution < 1.29 is 24.5 Å². The van der Waals surface area contributed by atoms with E-state index in [1.165, 1.54) is 44.2 Å². The van der Waals surface area contributed by atoms with Gasteiger partial charge in [0, 0.05) is 61.1 Å². The Labute approximate surface area is 343 Å². The third kappa shape index (κ3) is 7.71. The van der Waals surface area contributed by atoms with Crippen LogP contribution in [0.4, 0.5) is 0 Å². The molecule has 1 radical (unpaired) electrons. The number of fused-ring (bicyclic) bond motifs is 4.